The summed E-state index contributed by atoms with van der Waals surface area (Å²) in [5, 5.41) is 0. The largest absolute Gasteiger partial charge is 0.324 e. The molecule has 2 nitrogen and oxygen atoms in total. The lowest BCUT2D eigenvalue weighted by Gasteiger charge is -2.19. The Kier molecular flexibility index (Phi) is 6.95. The number of nitrogens with zero attached hydrogens (tertiary/aromatic N) is 1. The second kappa shape index (κ2) is 8.23. The summed E-state index contributed by atoms with van der Waals surface area (Å²) in [7, 11) is 2.03. The maximum atomic E-state index is 13.6. The Balaban J connectivity index is 2.42. The molecule has 0 saturated carbocycles. The van der Waals surface area contributed by atoms with Crippen LogP contribution in [0.15, 0.2) is 18.2 Å². The van der Waals surface area contributed by atoms with E-state index in [9.17, 15) is 8.78 Å². The molecule has 1 rings (SSSR count). The normalized spacial score (nSPS) is 12.9. The molecular weight excluding hydrogens is 246 g/mol. The number of benzene rings is 1. The molecule has 0 heterocycles. The van der Waals surface area contributed by atoms with Crippen molar-refractivity contribution < 1.29 is 8.78 Å². The Bertz CT molecular complexity index is 382. The summed E-state index contributed by atoms with van der Waals surface area (Å²) in [6.07, 6.45) is 4.20. The summed E-state index contributed by atoms with van der Waals surface area (Å²) in [5.41, 5.74) is 6.20. The van der Waals surface area contributed by atoms with Gasteiger partial charge in [0, 0.05) is 11.6 Å². The van der Waals surface area contributed by atoms with Gasteiger partial charge >= 0.3 is 0 Å². The molecule has 2 N–H and O–H groups in total. The highest BCUT2D eigenvalue weighted by atomic mass is 19.2. The third kappa shape index (κ3) is 5.25. The van der Waals surface area contributed by atoms with Gasteiger partial charge in [-0.3, -0.25) is 0 Å². The Labute approximate surface area is 114 Å². The van der Waals surface area contributed by atoms with Crippen molar-refractivity contribution in [3.63, 3.8) is 0 Å². The van der Waals surface area contributed by atoms with Crippen LogP contribution in [0.25, 0.3) is 0 Å². The monoisotopic (exact) mass is 270 g/mol. The minimum absolute atomic E-state index is 0.266. The molecular formula is C15H24F2N2. The first-order valence-electron chi connectivity index (χ1n) is 6.94. The molecule has 0 aliphatic rings. The summed E-state index contributed by atoms with van der Waals surface area (Å²) in [5.74, 6) is -1.65. The maximum Gasteiger partial charge on any atom is 0.163 e. The van der Waals surface area contributed by atoms with E-state index in [-0.39, 0.29) is 5.56 Å². The Morgan fingerprint density at radius 3 is 2.63 bits per heavy atom. The molecule has 0 aliphatic carbocycles. The zero-order chi connectivity index (χ0) is 14.3. The van der Waals surface area contributed by atoms with Crippen LogP contribution in [-0.2, 0) is 0 Å². The molecule has 0 radical (unpaired) electrons. The SMILES string of the molecule is CCCCCN(C)CCC(N)c1cccc(F)c1F. The number of nitrogens with two attached hydrogens (primary N) is 1. The number of unbranched alkanes of at least 4 members (excludes halogenated alkanes) is 2. The molecule has 19 heavy (non-hydrogen) atoms. The van der Waals surface area contributed by atoms with Gasteiger partial charge in [-0.15, -0.1) is 0 Å². The van der Waals surface area contributed by atoms with E-state index < -0.39 is 17.7 Å². The fraction of sp³-hybridized carbons (Fsp3) is 0.600. The first kappa shape index (κ1) is 16.1. The number of hydrogen-bond donors (Lipinski definition) is 1. The fourth-order valence-electron chi connectivity index (χ4n) is 2.07. The van der Waals surface area contributed by atoms with Crippen LogP contribution in [0.1, 0.15) is 44.2 Å². The number of rotatable bonds is 8. The minimum atomic E-state index is -0.829. The van der Waals surface area contributed by atoms with Gasteiger partial charge in [-0.05, 0) is 39.0 Å². The van der Waals surface area contributed by atoms with Gasteiger partial charge < -0.3 is 10.6 Å². The number of hydrogen-bond acceptors (Lipinski definition) is 2. The first-order valence-corrected chi connectivity index (χ1v) is 6.94. The zero-order valence-corrected chi connectivity index (χ0v) is 11.8. The molecule has 0 aliphatic heterocycles. The molecule has 4 heteroatoms. The van der Waals surface area contributed by atoms with E-state index in [1.165, 1.54) is 18.9 Å². The highest BCUT2D eigenvalue weighted by molar-refractivity contribution is 5.22. The molecule has 108 valence electrons. The van der Waals surface area contributed by atoms with Crippen molar-refractivity contribution in [2.45, 2.75) is 38.6 Å². The third-order valence-corrected chi connectivity index (χ3v) is 3.35. The van der Waals surface area contributed by atoms with Crippen molar-refractivity contribution in [2.24, 2.45) is 5.73 Å². The Hall–Kier alpha value is -1.00. The third-order valence-electron chi connectivity index (χ3n) is 3.35. The summed E-state index contributed by atoms with van der Waals surface area (Å²) < 4.78 is 26.7. The number of halogens is 2. The summed E-state index contributed by atoms with van der Waals surface area (Å²) >= 11 is 0. The van der Waals surface area contributed by atoms with Crippen LogP contribution < -0.4 is 5.73 Å². The van der Waals surface area contributed by atoms with Crippen molar-refractivity contribution in [3.8, 4) is 0 Å². The van der Waals surface area contributed by atoms with Gasteiger partial charge in [0.15, 0.2) is 11.6 Å². The summed E-state index contributed by atoms with van der Waals surface area (Å²) in [6, 6.07) is 3.71. The Morgan fingerprint density at radius 1 is 1.21 bits per heavy atom. The van der Waals surface area contributed by atoms with E-state index in [2.05, 4.69) is 11.8 Å². The second-order valence-corrected chi connectivity index (χ2v) is 5.05. The fourth-order valence-corrected chi connectivity index (χ4v) is 2.07. The highest BCUT2D eigenvalue weighted by Gasteiger charge is 2.14. The van der Waals surface area contributed by atoms with Gasteiger partial charge in [0.2, 0.25) is 0 Å². The van der Waals surface area contributed by atoms with Gasteiger partial charge in [0.25, 0.3) is 0 Å². The van der Waals surface area contributed by atoms with Crippen molar-refractivity contribution >= 4 is 0 Å². The molecule has 1 atom stereocenters. The summed E-state index contributed by atoms with van der Waals surface area (Å²) in [4.78, 5) is 2.19. The first-order chi connectivity index (χ1) is 9.06. The maximum absolute atomic E-state index is 13.6. The van der Waals surface area contributed by atoms with Crippen LogP contribution in [0.5, 0.6) is 0 Å². The molecule has 0 fully saturated rings. The second-order valence-electron chi connectivity index (χ2n) is 5.05. The average Bonchev–Trinajstić information content (AvgIpc) is 2.39. The van der Waals surface area contributed by atoms with Gasteiger partial charge in [-0.1, -0.05) is 31.9 Å². The molecule has 0 bridgehead atoms. The van der Waals surface area contributed by atoms with E-state index in [0.717, 1.165) is 25.6 Å². The molecule has 1 unspecified atom stereocenters. The predicted molar refractivity (Wildman–Crippen MR) is 74.9 cm³/mol. The van der Waals surface area contributed by atoms with E-state index in [1.807, 2.05) is 7.05 Å². The lowest BCUT2D eigenvalue weighted by molar-refractivity contribution is 0.309. The molecule has 1 aromatic rings. The van der Waals surface area contributed by atoms with Crippen LogP contribution >= 0.6 is 0 Å². The molecule has 0 spiro atoms. The molecule has 1 aromatic carbocycles. The lowest BCUT2D eigenvalue weighted by atomic mass is 10.0. The van der Waals surface area contributed by atoms with E-state index in [0.29, 0.717) is 6.42 Å². The standard InChI is InChI=1S/C15H24F2N2/c1-3-4-5-10-19(2)11-9-14(18)12-7-6-8-13(16)15(12)17/h6-8,14H,3-5,9-11,18H2,1-2H3. The lowest BCUT2D eigenvalue weighted by Crippen LogP contribution is -2.25. The van der Waals surface area contributed by atoms with Gasteiger partial charge in [-0.2, -0.15) is 0 Å². The average molecular weight is 270 g/mol. The van der Waals surface area contributed by atoms with E-state index in [4.69, 9.17) is 5.73 Å². The van der Waals surface area contributed by atoms with Crippen LogP contribution in [-0.4, -0.2) is 25.0 Å². The van der Waals surface area contributed by atoms with Crippen molar-refractivity contribution in [1.82, 2.24) is 4.90 Å². The van der Waals surface area contributed by atoms with Crippen LogP contribution in [0.4, 0.5) is 8.78 Å². The van der Waals surface area contributed by atoms with Gasteiger partial charge in [-0.25, -0.2) is 8.78 Å². The van der Waals surface area contributed by atoms with Crippen molar-refractivity contribution in [2.75, 3.05) is 20.1 Å². The molecule has 0 aromatic heterocycles. The van der Waals surface area contributed by atoms with Crippen LogP contribution in [0, 0.1) is 11.6 Å². The predicted octanol–water partition coefficient (Wildman–Crippen LogP) is 3.48. The summed E-state index contributed by atoms with van der Waals surface area (Å²) in [6.45, 7) is 3.98. The Morgan fingerprint density at radius 2 is 1.95 bits per heavy atom. The van der Waals surface area contributed by atoms with Crippen LogP contribution in [0.3, 0.4) is 0 Å². The quantitative estimate of drug-likeness (QED) is 0.733. The van der Waals surface area contributed by atoms with E-state index in [1.54, 1.807) is 6.07 Å². The van der Waals surface area contributed by atoms with Gasteiger partial charge in [0.1, 0.15) is 0 Å². The van der Waals surface area contributed by atoms with E-state index >= 15 is 0 Å². The van der Waals surface area contributed by atoms with Crippen molar-refractivity contribution in [3.05, 3.63) is 35.4 Å². The van der Waals surface area contributed by atoms with Crippen molar-refractivity contribution in [1.29, 1.82) is 0 Å². The smallest absolute Gasteiger partial charge is 0.163 e. The molecule has 0 saturated heterocycles. The zero-order valence-electron chi connectivity index (χ0n) is 11.8. The minimum Gasteiger partial charge on any atom is -0.324 e. The topological polar surface area (TPSA) is 29.3 Å². The highest BCUT2D eigenvalue weighted by Crippen LogP contribution is 2.20. The van der Waals surface area contributed by atoms with Crippen LogP contribution in [0.2, 0.25) is 0 Å². The molecule has 0 amide bonds. The van der Waals surface area contributed by atoms with Gasteiger partial charge in [0.05, 0.1) is 0 Å².